The third kappa shape index (κ3) is 3.11. The van der Waals surface area contributed by atoms with Crippen LogP contribution in [0.1, 0.15) is 25.5 Å². The van der Waals surface area contributed by atoms with E-state index in [2.05, 4.69) is 22.5 Å². The number of hydrogen-bond donors (Lipinski definition) is 1. The van der Waals surface area contributed by atoms with Gasteiger partial charge >= 0.3 is 0 Å². The molecule has 1 aliphatic rings. The van der Waals surface area contributed by atoms with Crippen molar-refractivity contribution in [2.75, 3.05) is 19.6 Å². The molecule has 108 valence electrons. The Morgan fingerprint density at radius 2 is 2.50 bits per heavy atom. The predicted octanol–water partition coefficient (Wildman–Crippen LogP) is 2.98. The van der Waals surface area contributed by atoms with Gasteiger partial charge in [0.25, 0.3) is 0 Å². The lowest BCUT2D eigenvalue weighted by atomic mass is 10.1. The first-order valence-corrected chi connectivity index (χ1v) is 8.18. The molecule has 1 fully saturated rings. The summed E-state index contributed by atoms with van der Waals surface area (Å²) >= 11 is 1.66. The van der Waals surface area contributed by atoms with Gasteiger partial charge in [0.1, 0.15) is 0 Å². The van der Waals surface area contributed by atoms with Crippen LogP contribution in [0.3, 0.4) is 0 Å². The molecule has 1 N–H and O–H groups in total. The van der Waals surface area contributed by atoms with Crippen LogP contribution in [0.5, 0.6) is 0 Å². The van der Waals surface area contributed by atoms with Crippen molar-refractivity contribution in [1.29, 1.82) is 0 Å². The van der Waals surface area contributed by atoms with E-state index in [0.29, 0.717) is 6.04 Å². The highest BCUT2D eigenvalue weighted by atomic mass is 32.1. The zero-order chi connectivity index (χ0) is 13.8. The lowest BCUT2D eigenvalue weighted by Crippen LogP contribution is -2.45. The highest BCUT2D eigenvalue weighted by molar-refractivity contribution is 7.13. The van der Waals surface area contributed by atoms with Crippen LogP contribution >= 0.6 is 11.3 Å². The quantitative estimate of drug-likeness (QED) is 0.919. The highest BCUT2D eigenvalue weighted by Crippen LogP contribution is 2.25. The molecule has 3 heterocycles. The van der Waals surface area contributed by atoms with Crippen LogP contribution in [0, 0.1) is 0 Å². The number of furan rings is 1. The summed E-state index contributed by atoms with van der Waals surface area (Å²) in [7, 11) is 0. The summed E-state index contributed by atoms with van der Waals surface area (Å²) in [5.41, 5.74) is 1.15. The number of thiazole rings is 1. The van der Waals surface area contributed by atoms with E-state index >= 15 is 0 Å². The molecule has 4 nitrogen and oxygen atoms in total. The van der Waals surface area contributed by atoms with Gasteiger partial charge < -0.3 is 9.73 Å². The summed E-state index contributed by atoms with van der Waals surface area (Å²) in [6, 6.07) is 4.51. The Morgan fingerprint density at radius 3 is 3.20 bits per heavy atom. The van der Waals surface area contributed by atoms with E-state index in [4.69, 9.17) is 9.40 Å². The maximum Gasteiger partial charge on any atom is 0.162 e. The third-order valence-electron chi connectivity index (χ3n) is 3.84. The van der Waals surface area contributed by atoms with E-state index in [-0.39, 0.29) is 0 Å². The number of aromatic nitrogens is 1. The van der Waals surface area contributed by atoms with Crippen LogP contribution in [-0.2, 0) is 6.54 Å². The number of nitrogens with one attached hydrogen (secondary N) is 1. The molecule has 0 saturated carbocycles. The molecule has 0 aliphatic carbocycles. The highest BCUT2D eigenvalue weighted by Gasteiger charge is 2.20. The van der Waals surface area contributed by atoms with Crippen molar-refractivity contribution in [3.8, 4) is 10.8 Å². The summed E-state index contributed by atoms with van der Waals surface area (Å²) in [5.74, 6) is 0.864. The largest absolute Gasteiger partial charge is 0.462 e. The fraction of sp³-hybridized carbons (Fsp3) is 0.533. The lowest BCUT2D eigenvalue weighted by molar-refractivity contribution is 0.164. The number of rotatable bonds is 5. The first-order valence-electron chi connectivity index (χ1n) is 7.30. The average Bonchev–Trinajstić information content (AvgIpc) is 3.16. The molecule has 0 aromatic carbocycles. The van der Waals surface area contributed by atoms with Crippen molar-refractivity contribution in [3.05, 3.63) is 29.5 Å². The molecule has 1 atom stereocenters. The normalized spacial score (nSPS) is 19.6. The number of piperidine rings is 1. The molecule has 5 heteroatoms. The molecule has 2 aromatic heterocycles. The maximum absolute atomic E-state index is 5.40. The summed E-state index contributed by atoms with van der Waals surface area (Å²) < 4.78 is 5.40. The molecule has 1 unspecified atom stereocenters. The second-order valence-electron chi connectivity index (χ2n) is 5.18. The standard InChI is InChI=1S/C15H21N3OS/c1-2-18(13-5-3-7-16-9-13)10-12-11-20-15(17-12)14-6-4-8-19-14/h4,6,8,11,13,16H,2-3,5,7,9-10H2,1H3. The van der Waals surface area contributed by atoms with Crippen molar-refractivity contribution in [2.45, 2.75) is 32.4 Å². The van der Waals surface area contributed by atoms with Gasteiger partial charge in [-0.15, -0.1) is 11.3 Å². The maximum atomic E-state index is 5.40. The minimum Gasteiger partial charge on any atom is -0.462 e. The van der Waals surface area contributed by atoms with Gasteiger partial charge in [-0.1, -0.05) is 6.92 Å². The second kappa shape index (κ2) is 6.52. The molecular formula is C15H21N3OS. The molecule has 1 aliphatic heterocycles. The molecule has 0 bridgehead atoms. The van der Waals surface area contributed by atoms with Crippen molar-refractivity contribution < 1.29 is 4.42 Å². The summed E-state index contributed by atoms with van der Waals surface area (Å²) in [4.78, 5) is 7.22. The van der Waals surface area contributed by atoms with Crippen molar-refractivity contribution in [1.82, 2.24) is 15.2 Å². The zero-order valence-electron chi connectivity index (χ0n) is 11.8. The predicted molar refractivity (Wildman–Crippen MR) is 81.8 cm³/mol. The fourth-order valence-electron chi connectivity index (χ4n) is 2.75. The van der Waals surface area contributed by atoms with Gasteiger partial charge in [-0.05, 0) is 38.1 Å². The Morgan fingerprint density at radius 1 is 1.55 bits per heavy atom. The SMILES string of the molecule is CCN(Cc1csc(-c2ccco2)n1)C1CCCNC1. The number of likely N-dealkylation sites (N-methyl/N-ethyl adjacent to an activating group) is 1. The molecule has 3 rings (SSSR count). The van der Waals surface area contributed by atoms with Crippen molar-refractivity contribution in [2.24, 2.45) is 0 Å². The first kappa shape index (κ1) is 13.8. The molecule has 2 aromatic rings. The number of nitrogens with zero attached hydrogens (tertiary/aromatic N) is 2. The van der Waals surface area contributed by atoms with Crippen molar-refractivity contribution >= 4 is 11.3 Å². The molecular weight excluding hydrogens is 270 g/mol. The first-order chi connectivity index (χ1) is 9.86. The Balaban J connectivity index is 1.66. The van der Waals surface area contributed by atoms with Gasteiger partial charge in [0.2, 0.25) is 0 Å². The molecule has 0 radical (unpaired) electrons. The van der Waals surface area contributed by atoms with Crippen LogP contribution in [0.4, 0.5) is 0 Å². The zero-order valence-corrected chi connectivity index (χ0v) is 12.7. The van der Waals surface area contributed by atoms with E-state index < -0.39 is 0 Å². The Kier molecular flexibility index (Phi) is 4.50. The summed E-state index contributed by atoms with van der Waals surface area (Å²) in [5, 5.41) is 6.61. The topological polar surface area (TPSA) is 41.3 Å². The third-order valence-corrected chi connectivity index (χ3v) is 4.75. The van der Waals surface area contributed by atoms with Gasteiger partial charge in [0.15, 0.2) is 10.8 Å². The summed E-state index contributed by atoms with van der Waals surface area (Å²) in [6.45, 7) is 6.49. The molecule has 0 amide bonds. The van der Waals surface area contributed by atoms with E-state index in [1.807, 2.05) is 12.1 Å². The average molecular weight is 291 g/mol. The van der Waals surface area contributed by atoms with Crippen LogP contribution in [0.25, 0.3) is 10.8 Å². The van der Waals surface area contributed by atoms with Gasteiger partial charge in [0.05, 0.1) is 12.0 Å². The van der Waals surface area contributed by atoms with E-state index in [9.17, 15) is 0 Å². The minimum atomic E-state index is 0.641. The minimum absolute atomic E-state index is 0.641. The number of hydrogen-bond acceptors (Lipinski definition) is 5. The van der Waals surface area contributed by atoms with E-state index in [1.54, 1.807) is 17.6 Å². The van der Waals surface area contributed by atoms with Crippen molar-refractivity contribution in [3.63, 3.8) is 0 Å². The fourth-order valence-corrected chi connectivity index (χ4v) is 3.52. The molecule has 1 saturated heterocycles. The monoisotopic (exact) mass is 291 g/mol. The van der Waals surface area contributed by atoms with Gasteiger partial charge in [-0.3, -0.25) is 4.90 Å². The smallest absolute Gasteiger partial charge is 0.162 e. The van der Waals surface area contributed by atoms with Gasteiger partial charge in [-0.25, -0.2) is 4.98 Å². The summed E-state index contributed by atoms with van der Waals surface area (Å²) in [6.07, 6.45) is 4.26. The van der Waals surface area contributed by atoms with Gasteiger partial charge in [-0.2, -0.15) is 0 Å². The lowest BCUT2D eigenvalue weighted by Gasteiger charge is -2.33. The molecule has 20 heavy (non-hydrogen) atoms. The van der Waals surface area contributed by atoms with Crippen LogP contribution < -0.4 is 5.32 Å². The Labute approximate surface area is 123 Å². The van der Waals surface area contributed by atoms with E-state index in [1.165, 1.54) is 12.8 Å². The Hall–Kier alpha value is -1.17. The van der Waals surface area contributed by atoms with Crippen LogP contribution in [-0.4, -0.2) is 35.6 Å². The van der Waals surface area contributed by atoms with Crippen LogP contribution in [0.15, 0.2) is 28.2 Å². The second-order valence-corrected chi connectivity index (χ2v) is 6.04. The van der Waals surface area contributed by atoms with E-state index in [0.717, 1.165) is 42.6 Å². The Bertz CT molecular complexity index is 517. The molecule has 0 spiro atoms. The van der Waals surface area contributed by atoms with Gasteiger partial charge in [0, 0.05) is 24.5 Å². The van der Waals surface area contributed by atoms with Crippen LogP contribution in [0.2, 0.25) is 0 Å².